The van der Waals surface area contributed by atoms with E-state index in [9.17, 15) is 0 Å². The summed E-state index contributed by atoms with van der Waals surface area (Å²) in [6, 6.07) is 27.7. The Labute approximate surface area is 249 Å². The molecule has 0 fully saturated rings. The molecule has 5 heteroatoms. The largest absolute Gasteiger partial charge is 0.457 e. The van der Waals surface area contributed by atoms with Crippen LogP contribution in [0.3, 0.4) is 0 Å². The lowest BCUT2D eigenvalue weighted by Crippen LogP contribution is -2.27. The first kappa shape index (κ1) is 27.8. The van der Waals surface area contributed by atoms with Gasteiger partial charge in [-0.15, -0.1) is 0 Å². The van der Waals surface area contributed by atoms with Gasteiger partial charge in [0.25, 0.3) is 0 Å². The molecule has 0 amide bonds. The molecule has 0 spiro atoms. The van der Waals surface area contributed by atoms with Crippen molar-refractivity contribution in [2.24, 2.45) is 0 Å². The maximum Gasteiger partial charge on any atom is 0.144 e. The second-order valence-electron chi connectivity index (χ2n) is 13.4. The van der Waals surface area contributed by atoms with Gasteiger partial charge in [-0.1, -0.05) is 65.8 Å². The van der Waals surface area contributed by atoms with Gasteiger partial charge in [-0.05, 0) is 84.3 Å². The van der Waals surface area contributed by atoms with E-state index in [1.54, 1.807) is 0 Å². The van der Waals surface area contributed by atoms with Crippen LogP contribution in [0.25, 0.3) is 22.6 Å². The molecule has 3 aromatic carbocycles. The molecule has 0 saturated heterocycles. The van der Waals surface area contributed by atoms with Gasteiger partial charge in [-0.25, -0.2) is 4.98 Å². The maximum atomic E-state index is 6.62. The van der Waals surface area contributed by atoms with Gasteiger partial charge in [0.15, 0.2) is 0 Å². The fraction of sp³-hybridized carbons (Fsp3) is 0.297. The third-order valence-electron chi connectivity index (χ3n) is 8.24. The molecule has 0 aliphatic carbocycles. The quantitative estimate of drug-likeness (QED) is 0.221. The minimum absolute atomic E-state index is 0.0530. The molecule has 42 heavy (non-hydrogen) atoms. The van der Waals surface area contributed by atoms with Gasteiger partial charge in [0, 0.05) is 34.8 Å². The molecular weight excluding hydrogens is 516 g/mol. The van der Waals surface area contributed by atoms with E-state index in [2.05, 4.69) is 137 Å². The van der Waals surface area contributed by atoms with E-state index in [1.807, 2.05) is 18.3 Å². The Balaban J connectivity index is 1.40. The second kappa shape index (κ2) is 10.2. The third kappa shape index (κ3) is 5.20. The number of para-hydroxylation sites is 1. The molecule has 0 N–H and O–H groups in total. The van der Waals surface area contributed by atoms with Crippen LogP contribution in [0.15, 0.2) is 85.1 Å². The molecule has 214 valence electrons. The van der Waals surface area contributed by atoms with E-state index in [-0.39, 0.29) is 10.8 Å². The van der Waals surface area contributed by atoms with E-state index >= 15 is 0 Å². The molecular formula is C37H40N4O. The number of ether oxygens (including phenoxy) is 1. The Kier molecular flexibility index (Phi) is 6.72. The van der Waals surface area contributed by atoms with Gasteiger partial charge in [0.2, 0.25) is 0 Å². The van der Waals surface area contributed by atoms with Crippen molar-refractivity contribution >= 4 is 11.4 Å². The van der Waals surface area contributed by atoms with Gasteiger partial charge in [0.05, 0.1) is 17.1 Å². The molecule has 0 unspecified atom stereocenters. The number of aromatic nitrogens is 3. The maximum absolute atomic E-state index is 6.62. The van der Waals surface area contributed by atoms with Crippen LogP contribution in [-0.4, -0.2) is 14.5 Å². The second-order valence-corrected chi connectivity index (χ2v) is 13.4. The average Bonchev–Trinajstić information content (AvgIpc) is 3.25. The number of aryl methyl sites for hydroxylation is 1. The summed E-state index contributed by atoms with van der Waals surface area (Å²) in [7, 11) is 0. The lowest BCUT2D eigenvalue weighted by atomic mass is 9.86. The normalized spacial score (nSPS) is 13.1. The minimum atomic E-state index is -0.0603. The number of anilines is 2. The summed E-state index contributed by atoms with van der Waals surface area (Å²) in [6.07, 6.45) is 1.90. The van der Waals surface area contributed by atoms with Crippen LogP contribution in [0, 0.1) is 13.8 Å². The van der Waals surface area contributed by atoms with Crippen molar-refractivity contribution in [3.8, 4) is 34.1 Å². The Hall–Kier alpha value is -4.38. The van der Waals surface area contributed by atoms with Crippen molar-refractivity contribution in [1.82, 2.24) is 14.5 Å². The van der Waals surface area contributed by atoms with Gasteiger partial charge >= 0.3 is 0 Å². The van der Waals surface area contributed by atoms with Crippen molar-refractivity contribution in [3.63, 3.8) is 0 Å². The number of hydrogen-bond donors (Lipinski definition) is 0. The summed E-state index contributed by atoms with van der Waals surface area (Å²) in [5.41, 5.74) is 10.1. The van der Waals surface area contributed by atoms with Gasteiger partial charge in [0.1, 0.15) is 24.0 Å². The van der Waals surface area contributed by atoms with E-state index in [0.29, 0.717) is 6.67 Å². The van der Waals surface area contributed by atoms with E-state index in [4.69, 9.17) is 9.72 Å². The summed E-state index contributed by atoms with van der Waals surface area (Å²) < 4.78 is 8.93. The number of nitrogens with zero attached hydrogens (tertiary/aromatic N) is 4. The lowest BCUT2D eigenvalue weighted by Gasteiger charge is -2.34. The van der Waals surface area contributed by atoms with Crippen LogP contribution in [0.4, 0.5) is 11.4 Å². The molecule has 0 radical (unpaired) electrons. The van der Waals surface area contributed by atoms with Gasteiger partial charge in [-0.2, -0.15) is 0 Å². The first-order chi connectivity index (χ1) is 19.9. The van der Waals surface area contributed by atoms with Gasteiger partial charge < -0.3 is 14.2 Å². The van der Waals surface area contributed by atoms with E-state index in [1.165, 1.54) is 16.8 Å². The predicted octanol–water partition coefficient (Wildman–Crippen LogP) is 9.73. The fourth-order valence-electron chi connectivity index (χ4n) is 5.51. The Morgan fingerprint density at radius 1 is 0.738 bits per heavy atom. The molecule has 0 atom stereocenters. The Morgan fingerprint density at radius 3 is 2.26 bits per heavy atom. The van der Waals surface area contributed by atoms with Crippen LogP contribution in [0.5, 0.6) is 11.5 Å². The lowest BCUT2D eigenvalue weighted by molar-refractivity contribution is 0.478. The smallest absolute Gasteiger partial charge is 0.144 e. The summed E-state index contributed by atoms with van der Waals surface area (Å²) in [6.45, 7) is 18.3. The number of rotatable bonds is 4. The zero-order chi connectivity index (χ0) is 29.8. The van der Waals surface area contributed by atoms with Crippen LogP contribution in [-0.2, 0) is 17.5 Å². The highest BCUT2D eigenvalue weighted by molar-refractivity contribution is 5.82. The average molecular weight is 557 g/mol. The van der Waals surface area contributed by atoms with Crippen LogP contribution < -0.4 is 9.64 Å². The number of fused-ring (bicyclic) bond motifs is 3. The first-order valence-corrected chi connectivity index (χ1v) is 14.7. The van der Waals surface area contributed by atoms with Crippen molar-refractivity contribution in [2.45, 2.75) is 72.9 Å². The highest BCUT2D eigenvalue weighted by Crippen LogP contribution is 2.43. The highest BCUT2D eigenvalue weighted by Gasteiger charge is 2.28. The van der Waals surface area contributed by atoms with Crippen molar-refractivity contribution in [1.29, 1.82) is 0 Å². The Morgan fingerprint density at radius 2 is 1.50 bits per heavy atom. The fourth-order valence-corrected chi connectivity index (χ4v) is 5.51. The van der Waals surface area contributed by atoms with Crippen LogP contribution in [0.1, 0.15) is 64.1 Å². The molecule has 0 saturated carbocycles. The van der Waals surface area contributed by atoms with Crippen LogP contribution in [0.2, 0.25) is 0 Å². The highest BCUT2D eigenvalue weighted by atomic mass is 16.5. The molecule has 1 aliphatic rings. The Bertz CT molecular complexity index is 1780. The molecule has 2 aromatic heterocycles. The zero-order valence-electron chi connectivity index (χ0n) is 26.0. The zero-order valence-corrected chi connectivity index (χ0v) is 26.0. The standard InChI is InChI=1S/C37H40N4O/c1-24-25(2)40-23-41(34-15-10-9-14-32(34)35(40)39-24)29-19-28(37(6,7)8)20-31(22-29)42-30-13-11-12-26(18-30)33-21-27(16-17-38-33)36(3,4)5/h9-22H,23H2,1-8H3. The number of benzene rings is 3. The first-order valence-electron chi connectivity index (χ1n) is 14.7. The topological polar surface area (TPSA) is 43.2 Å². The molecule has 6 rings (SSSR count). The molecule has 5 nitrogen and oxygen atoms in total. The number of hydrogen-bond acceptors (Lipinski definition) is 4. The number of pyridine rings is 1. The van der Waals surface area contributed by atoms with Crippen LogP contribution >= 0.6 is 0 Å². The van der Waals surface area contributed by atoms with Crippen molar-refractivity contribution in [3.05, 3.63) is 108 Å². The van der Waals surface area contributed by atoms with Gasteiger partial charge in [-0.3, -0.25) is 4.98 Å². The molecule has 0 bridgehead atoms. The number of imidazole rings is 1. The van der Waals surface area contributed by atoms with E-state index in [0.717, 1.165) is 51.2 Å². The molecule has 1 aliphatic heterocycles. The monoisotopic (exact) mass is 556 g/mol. The summed E-state index contributed by atoms with van der Waals surface area (Å²) in [5.74, 6) is 2.63. The SMILES string of the molecule is Cc1nc2n(c1C)CN(c1cc(Oc3cccc(-c4cc(C(C)(C)C)ccn4)c3)cc(C(C)(C)C)c1)c1ccccc1-2. The third-order valence-corrected chi connectivity index (χ3v) is 8.24. The molecule has 3 heterocycles. The van der Waals surface area contributed by atoms with E-state index < -0.39 is 0 Å². The van der Waals surface area contributed by atoms with Crippen molar-refractivity contribution < 1.29 is 4.74 Å². The summed E-state index contributed by atoms with van der Waals surface area (Å²) in [4.78, 5) is 12.0. The summed E-state index contributed by atoms with van der Waals surface area (Å²) >= 11 is 0. The summed E-state index contributed by atoms with van der Waals surface area (Å²) in [5, 5.41) is 0. The molecule has 5 aromatic rings. The van der Waals surface area contributed by atoms with Crippen molar-refractivity contribution in [2.75, 3.05) is 4.90 Å². The minimum Gasteiger partial charge on any atom is -0.457 e. The predicted molar refractivity (Wildman–Crippen MR) is 173 cm³/mol.